The normalized spacial score (nSPS) is 13.0. The summed E-state index contributed by atoms with van der Waals surface area (Å²) >= 11 is 0. The molecule has 0 nitrogen and oxygen atoms in total. The van der Waals surface area contributed by atoms with E-state index >= 15 is 0 Å². The number of unbranched alkanes of at least 4 members (excludes halogenated alkanes) is 1. The Hall–Kier alpha value is -1.73. The van der Waals surface area contributed by atoms with E-state index in [2.05, 4.69) is 86.5 Å². The zero-order valence-electron chi connectivity index (χ0n) is 13.0. The van der Waals surface area contributed by atoms with E-state index in [9.17, 15) is 0 Å². The van der Waals surface area contributed by atoms with Gasteiger partial charge in [-0.25, -0.2) is 0 Å². The maximum Gasteiger partial charge on any atom is -0.00213 e. The van der Waals surface area contributed by atoms with Gasteiger partial charge >= 0.3 is 0 Å². The van der Waals surface area contributed by atoms with E-state index in [4.69, 9.17) is 0 Å². The Morgan fingerprint density at radius 3 is 1.81 bits per heavy atom. The highest BCUT2D eigenvalue weighted by Crippen LogP contribution is 2.65. The Morgan fingerprint density at radius 1 is 0.952 bits per heavy atom. The minimum absolute atomic E-state index is 1.10. The van der Waals surface area contributed by atoms with Crippen molar-refractivity contribution >= 4 is 10.0 Å². The summed E-state index contributed by atoms with van der Waals surface area (Å²) in [4.78, 5) is 4.14. The van der Waals surface area contributed by atoms with E-state index in [1.54, 1.807) is 0 Å². The van der Waals surface area contributed by atoms with E-state index in [1.165, 1.54) is 14.7 Å². The second-order valence-electron chi connectivity index (χ2n) is 5.14. The van der Waals surface area contributed by atoms with Crippen LogP contribution in [0, 0.1) is 0 Å². The molecule has 0 bridgehead atoms. The zero-order valence-corrected chi connectivity index (χ0v) is 13.8. The molecular weight excluding hydrogens is 272 g/mol. The first-order valence-electron chi connectivity index (χ1n) is 7.44. The topological polar surface area (TPSA) is 0 Å². The number of benzene rings is 2. The highest BCUT2D eigenvalue weighted by Gasteiger charge is 2.25. The minimum atomic E-state index is -1.22. The average molecular weight is 296 g/mol. The SMILES string of the molecule is C=CC(=CCCC)S(C)(c1ccccc1)c1ccccc1. The van der Waals surface area contributed by atoms with E-state index in [0.717, 1.165) is 12.8 Å². The summed E-state index contributed by atoms with van der Waals surface area (Å²) in [6.45, 7) is 6.30. The number of rotatable bonds is 6. The van der Waals surface area contributed by atoms with Crippen LogP contribution in [0.25, 0.3) is 0 Å². The summed E-state index contributed by atoms with van der Waals surface area (Å²) in [7, 11) is -1.22. The van der Waals surface area contributed by atoms with Crippen LogP contribution in [-0.4, -0.2) is 6.26 Å². The summed E-state index contributed by atoms with van der Waals surface area (Å²) in [5.41, 5.74) is 0. The lowest BCUT2D eigenvalue weighted by molar-refractivity contribution is 0.957. The Bertz CT molecular complexity index is 557. The van der Waals surface area contributed by atoms with Gasteiger partial charge in [0.25, 0.3) is 0 Å². The molecule has 0 spiro atoms. The van der Waals surface area contributed by atoms with E-state index in [1.807, 2.05) is 6.08 Å². The van der Waals surface area contributed by atoms with Crippen LogP contribution in [0.1, 0.15) is 19.8 Å². The smallest absolute Gasteiger partial charge is 0.00213 e. The van der Waals surface area contributed by atoms with E-state index in [-0.39, 0.29) is 0 Å². The fraction of sp³-hybridized carbons (Fsp3) is 0.200. The zero-order chi connectivity index (χ0) is 15.1. The van der Waals surface area contributed by atoms with Crippen molar-refractivity contribution in [3.8, 4) is 0 Å². The first kappa shape index (κ1) is 15.7. The van der Waals surface area contributed by atoms with Crippen molar-refractivity contribution in [2.45, 2.75) is 29.6 Å². The second-order valence-corrected chi connectivity index (χ2v) is 8.40. The molecule has 0 saturated carbocycles. The maximum atomic E-state index is 4.08. The lowest BCUT2D eigenvalue weighted by Gasteiger charge is -2.38. The molecule has 0 radical (unpaired) electrons. The molecule has 2 rings (SSSR count). The molecule has 0 aliphatic heterocycles. The van der Waals surface area contributed by atoms with Gasteiger partial charge in [0.05, 0.1) is 0 Å². The van der Waals surface area contributed by atoms with Gasteiger partial charge in [-0.05, 0) is 51.6 Å². The van der Waals surface area contributed by atoms with Gasteiger partial charge in [0.1, 0.15) is 0 Å². The summed E-state index contributed by atoms with van der Waals surface area (Å²) in [6, 6.07) is 21.6. The molecule has 0 aliphatic rings. The molecule has 0 saturated heterocycles. The molecule has 0 fully saturated rings. The summed E-state index contributed by atoms with van der Waals surface area (Å²) in [5.74, 6) is 0. The van der Waals surface area contributed by atoms with Gasteiger partial charge in [-0.3, -0.25) is 0 Å². The van der Waals surface area contributed by atoms with E-state index in [0.29, 0.717) is 0 Å². The molecule has 21 heavy (non-hydrogen) atoms. The number of hydrogen-bond donors (Lipinski definition) is 0. The van der Waals surface area contributed by atoms with Crippen molar-refractivity contribution in [3.63, 3.8) is 0 Å². The van der Waals surface area contributed by atoms with Gasteiger partial charge < -0.3 is 0 Å². The third kappa shape index (κ3) is 3.30. The molecule has 0 unspecified atom stereocenters. The number of hydrogen-bond acceptors (Lipinski definition) is 0. The molecule has 0 N–H and O–H groups in total. The summed E-state index contributed by atoms with van der Waals surface area (Å²) in [5, 5.41) is 0. The third-order valence-electron chi connectivity index (χ3n) is 3.74. The third-order valence-corrected chi connectivity index (χ3v) is 7.44. The standard InChI is InChI=1S/C20H24S/c1-4-6-13-18(5-2)21(3,19-14-9-7-10-15-19)20-16-11-8-12-17-20/h5,7-17H,2,4,6H2,1,3H3. The first-order valence-corrected chi connectivity index (χ1v) is 9.48. The van der Waals surface area contributed by atoms with Crippen molar-refractivity contribution < 1.29 is 0 Å². The van der Waals surface area contributed by atoms with Gasteiger partial charge in [0, 0.05) is 0 Å². The highest BCUT2D eigenvalue weighted by molar-refractivity contribution is 8.36. The van der Waals surface area contributed by atoms with Gasteiger partial charge in [-0.2, -0.15) is 10.0 Å². The monoisotopic (exact) mass is 296 g/mol. The van der Waals surface area contributed by atoms with Crippen LogP contribution >= 0.6 is 10.0 Å². The highest BCUT2D eigenvalue weighted by atomic mass is 32.3. The Kier molecular flexibility index (Phi) is 5.46. The Balaban J connectivity index is 2.62. The largest absolute Gasteiger partial charge is 0.164 e. The molecule has 0 atom stereocenters. The van der Waals surface area contributed by atoms with Crippen molar-refractivity contribution in [2.24, 2.45) is 0 Å². The fourth-order valence-corrected chi connectivity index (χ4v) is 5.50. The van der Waals surface area contributed by atoms with Crippen LogP contribution in [0.5, 0.6) is 0 Å². The number of allylic oxidation sites excluding steroid dienone is 2. The predicted octanol–water partition coefficient (Wildman–Crippen LogP) is 6.41. The van der Waals surface area contributed by atoms with Gasteiger partial charge in [0.2, 0.25) is 0 Å². The first-order chi connectivity index (χ1) is 10.2. The molecule has 0 heterocycles. The van der Waals surface area contributed by atoms with E-state index < -0.39 is 10.0 Å². The molecule has 1 heteroatoms. The Morgan fingerprint density at radius 2 is 1.43 bits per heavy atom. The molecule has 0 aromatic heterocycles. The summed E-state index contributed by atoms with van der Waals surface area (Å²) < 4.78 is 0. The fourth-order valence-electron chi connectivity index (χ4n) is 2.50. The predicted molar refractivity (Wildman–Crippen MR) is 96.1 cm³/mol. The average Bonchev–Trinajstić information content (AvgIpc) is 2.57. The Labute approximate surface area is 130 Å². The van der Waals surface area contributed by atoms with Gasteiger partial charge in [-0.1, -0.05) is 68.5 Å². The second kappa shape index (κ2) is 7.33. The van der Waals surface area contributed by atoms with Gasteiger partial charge in [0.15, 0.2) is 0 Å². The van der Waals surface area contributed by atoms with Crippen LogP contribution in [0.3, 0.4) is 0 Å². The van der Waals surface area contributed by atoms with Crippen LogP contribution < -0.4 is 0 Å². The van der Waals surface area contributed by atoms with Crippen LogP contribution in [0.2, 0.25) is 0 Å². The van der Waals surface area contributed by atoms with Crippen molar-refractivity contribution in [1.82, 2.24) is 0 Å². The van der Waals surface area contributed by atoms with Crippen LogP contribution in [-0.2, 0) is 0 Å². The van der Waals surface area contributed by atoms with Crippen molar-refractivity contribution in [2.75, 3.05) is 6.26 Å². The molecule has 2 aromatic rings. The molecular formula is C20H24S. The molecule has 110 valence electrons. The van der Waals surface area contributed by atoms with Crippen LogP contribution in [0.4, 0.5) is 0 Å². The summed E-state index contributed by atoms with van der Waals surface area (Å²) in [6.07, 6.45) is 9.05. The molecule has 0 aliphatic carbocycles. The molecule has 2 aromatic carbocycles. The quantitative estimate of drug-likeness (QED) is 0.540. The van der Waals surface area contributed by atoms with Gasteiger partial charge in [-0.15, -0.1) is 0 Å². The van der Waals surface area contributed by atoms with Crippen LogP contribution in [0.15, 0.2) is 94.1 Å². The lowest BCUT2D eigenvalue weighted by atomic mass is 10.3. The molecule has 0 amide bonds. The van der Waals surface area contributed by atoms with Crippen molar-refractivity contribution in [1.29, 1.82) is 0 Å². The minimum Gasteiger partial charge on any atom is -0.164 e. The van der Waals surface area contributed by atoms with Crippen molar-refractivity contribution in [3.05, 3.63) is 84.3 Å². The lowest BCUT2D eigenvalue weighted by Crippen LogP contribution is -2.02. The maximum absolute atomic E-state index is 4.08.